The van der Waals surface area contributed by atoms with Crippen LogP contribution in [-0.4, -0.2) is 29.0 Å². The largest absolute Gasteiger partial charge is 0.444 e. The van der Waals surface area contributed by atoms with Crippen molar-refractivity contribution in [2.24, 2.45) is 0 Å². The van der Waals surface area contributed by atoms with Crippen LogP contribution in [0.25, 0.3) is 0 Å². The van der Waals surface area contributed by atoms with Crippen LogP contribution in [-0.2, 0) is 22.5 Å². The van der Waals surface area contributed by atoms with E-state index >= 15 is 0 Å². The van der Waals surface area contributed by atoms with E-state index in [1.54, 1.807) is 4.90 Å². The Labute approximate surface area is 139 Å². The van der Waals surface area contributed by atoms with Gasteiger partial charge in [-0.05, 0) is 50.5 Å². The van der Waals surface area contributed by atoms with Gasteiger partial charge in [-0.3, -0.25) is 4.79 Å². The van der Waals surface area contributed by atoms with Gasteiger partial charge in [-0.2, -0.15) is 0 Å². The third-order valence-electron chi connectivity index (χ3n) is 3.32. The summed E-state index contributed by atoms with van der Waals surface area (Å²) in [5, 5.41) is 2.85. The standard InChI is InChI=1S/C16H21BrN2O3/c1-10(20)18-14-6-5-13(17)12-9-19(8-7-11(12)14)15(21)22-16(2,3)4/h5-6H,7-9H2,1-4H3,(H,18,20). The minimum Gasteiger partial charge on any atom is -0.444 e. The molecule has 0 unspecified atom stereocenters. The number of hydrogen-bond acceptors (Lipinski definition) is 3. The summed E-state index contributed by atoms with van der Waals surface area (Å²) in [6.07, 6.45) is 0.374. The fourth-order valence-electron chi connectivity index (χ4n) is 2.43. The first-order chi connectivity index (χ1) is 10.2. The normalized spacial score (nSPS) is 14.3. The van der Waals surface area contributed by atoms with Crippen LogP contribution in [0.5, 0.6) is 0 Å². The quantitative estimate of drug-likeness (QED) is 0.821. The van der Waals surface area contributed by atoms with Gasteiger partial charge in [0.1, 0.15) is 5.60 Å². The smallest absolute Gasteiger partial charge is 0.410 e. The molecule has 1 aromatic rings. The average molecular weight is 369 g/mol. The van der Waals surface area contributed by atoms with Gasteiger partial charge in [0.05, 0.1) is 6.54 Å². The van der Waals surface area contributed by atoms with Gasteiger partial charge in [0.2, 0.25) is 5.91 Å². The Morgan fingerprint density at radius 3 is 2.55 bits per heavy atom. The van der Waals surface area contributed by atoms with E-state index in [0.717, 1.165) is 21.3 Å². The highest BCUT2D eigenvalue weighted by Crippen LogP contribution is 2.32. The highest BCUT2D eigenvalue weighted by atomic mass is 79.9. The summed E-state index contributed by atoms with van der Waals surface area (Å²) in [6.45, 7) is 8.10. The fraction of sp³-hybridized carbons (Fsp3) is 0.500. The molecule has 0 atom stereocenters. The zero-order chi connectivity index (χ0) is 16.5. The number of ether oxygens (including phenoxy) is 1. The predicted octanol–water partition coefficient (Wildman–Crippen LogP) is 3.70. The molecule has 1 aliphatic heterocycles. The van der Waals surface area contributed by atoms with Crippen molar-refractivity contribution in [1.82, 2.24) is 4.90 Å². The summed E-state index contributed by atoms with van der Waals surface area (Å²) >= 11 is 3.53. The van der Waals surface area contributed by atoms with Gasteiger partial charge < -0.3 is 15.0 Å². The molecule has 0 aliphatic carbocycles. The Balaban J connectivity index is 2.23. The van der Waals surface area contributed by atoms with E-state index in [1.807, 2.05) is 32.9 Å². The molecule has 22 heavy (non-hydrogen) atoms. The van der Waals surface area contributed by atoms with E-state index in [9.17, 15) is 9.59 Å². The zero-order valence-electron chi connectivity index (χ0n) is 13.3. The second-order valence-electron chi connectivity index (χ2n) is 6.39. The summed E-state index contributed by atoms with van der Waals surface area (Å²) in [4.78, 5) is 25.2. The SMILES string of the molecule is CC(=O)Nc1ccc(Br)c2c1CCN(C(=O)OC(C)(C)C)C2. The maximum atomic E-state index is 12.2. The molecule has 0 bridgehead atoms. The number of halogens is 1. The molecule has 1 aliphatic rings. The molecule has 1 N–H and O–H groups in total. The molecule has 0 saturated carbocycles. The molecule has 1 heterocycles. The molecule has 2 rings (SSSR count). The molecule has 5 nitrogen and oxygen atoms in total. The number of amides is 2. The molecule has 6 heteroatoms. The molecule has 0 fully saturated rings. The molecule has 2 amide bonds. The fourth-order valence-corrected chi connectivity index (χ4v) is 2.92. The summed E-state index contributed by atoms with van der Waals surface area (Å²) in [6, 6.07) is 3.77. The van der Waals surface area contributed by atoms with Gasteiger partial charge in [0, 0.05) is 23.6 Å². The van der Waals surface area contributed by atoms with Gasteiger partial charge in [0.15, 0.2) is 0 Å². The lowest BCUT2D eigenvalue weighted by Crippen LogP contribution is -2.40. The molecule has 1 aromatic carbocycles. The van der Waals surface area contributed by atoms with Crippen LogP contribution in [0.2, 0.25) is 0 Å². The van der Waals surface area contributed by atoms with Crippen LogP contribution < -0.4 is 5.32 Å². The number of anilines is 1. The van der Waals surface area contributed by atoms with Gasteiger partial charge in [-0.1, -0.05) is 15.9 Å². The van der Waals surface area contributed by atoms with E-state index in [0.29, 0.717) is 19.5 Å². The van der Waals surface area contributed by atoms with Gasteiger partial charge >= 0.3 is 6.09 Å². The minimum atomic E-state index is -0.507. The number of fused-ring (bicyclic) bond motifs is 1. The minimum absolute atomic E-state index is 0.0981. The highest BCUT2D eigenvalue weighted by Gasteiger charge is 2.28. The second-order valence-corrected chi connectivity index (χ2v) is 7.24. The summed E-state index contributed by atoms with van der Waals surface area (Å²) in [5.74, 6) is -0.0981. The van der Waals surface area contributed by atoms with Crippen LogP contribution in [0.4, 0.5) is 10.5 Å². The van der Waals surface area contributed by atoms with Crippen LogP contribution in [0.15, 0.2) is 16.6 Å². The first-order valence-electron chi connectivity index (χ1n) is 7.23. The number of carbonyl (C=O) groups excluding carboxylic acids is 2. The monoisotopic (exact) mass is 368 g/mol. The van der Waals surface area contributed by atoms with E-state index in [1.165, 1.54) is 6.92 Å². The van der Waals surface area contributed by atoms with Crippen molar-refractivity contribution >= 4 is 33.6 Å². The summed E-state index contributed by atoms with van der Waals surface area (Å²) in [5.41, 5.74) is 2.40. The molecule has 0 radical (unpaired) electrons. The van der Waals surface area contributed by atoms with Crippen molar-refractivity contribution in [2.45, 2.75) is 46.3 Å². The summed E-state index contributed by atoms with van der Waals surface area (Å²) in [7, 11) is 0. The van der Waals surface area contributed by atoms with Gasteiger partial charge in [-0.25, -0.2) is 4.79 Å². The van der Waals surface area contributed by atoms with Crippen LogP contribution >= 0.6 is 15.9 Å². The predicted molar refractivity (Wildman–Crippen MR) is 88.8 cm³/mol. The van der Waals surface area contributed by atoms with E-state index in [-0.39, 0.29) is 12.0 Å². The first kappa shape index (κ1) is 16.8. The molecule has 0 aromatic heterocycles. The zero-order valence-corrected chi connectivity index (χ0v) is 14.9. The number of hydrogen-bond donors (Lipinski definition) is 1. The van der Waals surface area contributed by atoms with E-state index in [2.05, 4.69) is 21.2 Å². The van der Waals surface area contributed by atoms with Crippen molar-refractivity contribution in [3.05, 3.63) is 27.7 Å². The Bertz CT molecular complexity index is 608. The Kier molecular flexibility index (Phi) is 4.80. The third kappa shape index (κ3) is 4.00. The Morgan fingerprint density at radius 2 is 1.95 bits per heavy atom. The number of nitrogens with zero attached hydrogens (tertiary/aromatic N) is 1. The summed E-state index contributed by atoms with van der Waals surface area (Å²) < 4.78 is 6.36. The van der Waals surface area contributed by atoms with Gasteiger partial charge in [0.25, 0.3) is 0 Å². The first-order valence-corrected chi connectivity index (χ1v) is 8.02. The van der Waals surface area contributed by atoms with Crippen molar-refractivity contribution in [3.8, 4) is 0 Å². The number of rotatable bonds is 1. The van der Waals surface area contributed by atoms with Gasteiger partial charge in [-0.15, -0.1) is 0 Å². The molecular formula is C16H21BrN2O3. The lowest BCUT2D eigenvalue weighted by molar-refractivity contribution is -0.114. The molecular weight excluding hydrogens is 348 g/mol. The number of nitrogens with one attached hydrogen (secondary N) is 1. The van der Waals surface area contributed by atoms with Crippen molar-refractivity contribution in [3.63, 3.8) is 0 Å². The van der Waals surface area contributed by atoms with Crippen molar-refractivity contribution < 1.29 is 14.3 Å². The molecule has 120 valence electrons. The molecule has 0 spiro atoms. The van der Waals surface area contributed by atoms with Crippen molar-refractivity contribution in [1.29, 1.82) is 0 Å². The number of benzene rings is 1. The van der Waals surface area contributed by atoms with Crippen LogP contribution in [0, 0.1) is 0 Å². The maximum absolute atomic E-state index is 12.2. The Morgan fingerprint density at radius 1 is 1.27 bits per heavy atom. The van der Waals surface area contributed by atoms with Crippen molar-refractivity contribution in [2.75, 3.05) is 11.9 Å². The van der Waals surface area contributed by atoms with Crippen LogP contribution in [0.3, 0.4) is 0 Å². The third-order valence-corrected chi connectivity index (χ3v) is 4.06. The highest BCUT2D eigenvalue weighted by molar-refractivity contribution is 9.10. The molecule has 0 saturated heterocycles. The Hall–Kier alpha value is -1.56. The lowest BCUT2D eigenvalue weighted by atomic mass is 9.98. The van der Waals surface area contributed by atoms with E-state index in [4.69, 9.17) is 4.74 Å². The maximum Gasteiger partial charge on any atom is 0.410 e. The second kappa shape index (κ2) is 6.28. The van der Waals surface area contributed by atoms with E-state index < -0.39 is 5.60 Å². The number of carbonyl (C=O) groups is 2. The lowest BCUT2D eigenvalue weighted by Gasteiger charge is -2.32. The average Bonchev–Trinajstić information content (AvgIpc) is 2.39. The topological polar surface area (TPSA) is 58.6 Å². The van der Waals surface area contributed by atoms with Crippen LogP contribution in [0.1, 0.15) is 38.8 Å².